The molecule has 0 aliphatic carbocycles. The molecule has 0 amide bonds. The van der Waals surface area contributed by atoms with E-state index in [1.54, 1.807) is 18.3 Å². The van der Waals surface area contributed by atoms with E-state index < -0.39 is 0 Å². The molecule has 3 nitrogen and oxygen atoms in total. The van der Waals surface area contributed by atoms with Gasteiger partial charge < -0.3 is 15.2 Å². The van der Waals surface area contributed by atoms with Crippen molar-refractivity contribution in [2.75, 3.05) is 6.61 Å². The number of nitrogens with one attached hydrogen (secondary N) is 1. The zero-order valence-electron chi connectivity index (χ0n) is 13.7. The van der Waals surface area contributed by atoms with Crippen LogP contribution in [-0.4, -0.2) is 11.7 Å². The van der Waals surface area contributed by atoms with E-state index in [-0.39, 0.29) is 5.75 Å². The molecular formula is C20H23NO2. The molecule has 2 rings (SSSR count). The standard InChI is InChI=1S/C20H23NO2/c1-4-17(21-5-2)20-18(22)7-6-8-19(20)23-14-13-16-11-9-15(3)10-12-16/h4-12,21-22H,2,13-14H2,1,3H3/b17-4-. The number of allylic oxidation sites excluding steroid dienone is 1. The van der Waals surface area contributed by atoms with Crippen LogP contribution in [0.3, 0.4) is 0 Å². The molecule has 0 saturated carbocycles. The van der Waals surface area contributed by atoms with Gasteiger partial charge in [-0.05, 0) is 37.7 Å². The summed E-state index contributed by atoms with van der Waals surface area (Å²) in [6.45, 7) is 8.19. The Balaban J connectivity index is 2.12. The molecule has 3 heteroatoms. The zero-order valence-corrected chi connectivity index (χ0v) is 13.7. The Bertz CT molecular complexity index is 687. The van der Waals surface area contributed by atoms with Crippen LogP contribution < -0.4 is 10.1 Å². The molecule has 0 aromatic heterocycles. The van der Waals surface area contributed by atoms with Gasteiger partial charge in [0.25, 0.3) is 0 Å². The Hall–Kier alpha value is -2.68. The highest BCUT2D eigenvalue weighted by atomic mass is 16.5. The largest absolute Gasteiger partial charge is 0.507 e. The summed E-state index contributed by atoms with van der Waals surface area (Å²) in [5.41, 5.74) is 3.90. The van der Waals surface area contributed by atoms with Gasteiger partial charge in [0.2, 0.25) is 0 Å². The first-order chi connectivity index (χ1) is 11.2. The summed E-state index contributed by atoms with van der Waals surface area (Å²) in [7, 11) is 0. The summed E-state index contributed by atoms with van der Waals surface area (Å²) >= 11 is 0. The van der Waals surface area contributed by atoms with E-state index in [0.717, 1.165) is 12.1 Å². The summed E-state index contributed by atoms with van der Waals surface area (Å²) in [5, 5.41) is 13.2. The van der Waals surface area contributed by atoms with Gasteiger partial charge in [-0.15, -0.1) is 0 Å². The van der Waals surface area contributed by atoms with Gasteiger partial charge in [-0.1, -0.05) is 48.6 Å². The number of phenolic OH excluding ortho intramolecular Hbond substituents is 1. The Morgan fingerprint density at radius 2 is 1.96 bits per heavy atom. The monoisotopic (exact) mass is 309 g/mol. The summed E-state index contributed by atoms with van der Waals surface area (Å²) < 4.78 is 5.91. The maximum atomic E-state index is 10.2. The molecule has 2 N–H and O–H groups in total. The van der Waals surface area contributed by atoms with Crippen molar-refractivity contribution in [2.45, 2.75) is 20.3 Å². The first-order valence-electron chi connectivity index (χ1n) is 7.70. The molecule has 0 heterocycles. The second kappa shape index (κ2) is 8.08. The van der Waals surface area contributed by atoms with Crippen molar-refractivity contribution < 1.29 is 9.84 Å². The SMILES string of the molecule is C=CN/C(=C\C)c1c(O)cccc1OCCc1ccc(C)cc1. The summed E-state index contributed by atoms with van der Waals surface area (Å²) in [4.78, 5) is 0. The molecule has 0 aliphatic heterocycles. The van der Waals surface area contributed by atoms with Crippen molar-refractivity contribution in [3.05, 3.63) is 78.0 Å². The number of hydrogen-bond donors (Lipinski definition) is 2. The van der Waals surface area contributed by atoms with Gasteiger partial charge in [-0.25, -0.2) is 0 Å². The molecule has 0 saturated heterocycles. The number of benzene rings is 2. The number of aryl methyl sites for hydroxylation is 1. The fourth-order valence-corrected chi connectivity index (χ4v) is 2.35. The van der Waals surface area contributed by atoms with Crippen LogP contribution >= 0.6 is 0 Å². The Morgan fingerprint density at radius 3 is 2.61 bits per heavy atom. The summed E-state index contributed by atoms with van der Waals surface area (Å²) in [5.74, 6) is 0.833. The van der Waals surface area contributed by atoms with Crippen LogP contribution in [0.2, 0.25) is 0 Å². The quantitative estimate of drug-likeness (QED) is 0.795. The molecule has 0 atom stereocenters. The molecule has 0 spiro atoms. The molecule has 0 aliphatic rings. The van der Waals surface area contributed by atoms with Crippen molar-refractivity contribution in [3.63, 3.8) is 0 Å². The third kappa shape index (κ3) is 4.39. The minimum atomic E-state index is 0.181. The molecule has 0 fully saturated rings. The fourth-order valence-electron chi connectivity index (χ4n) is 2.35. The predicted octanol–water partition coefficient (Wildman–Crippen LogP) is 4.42. The van der Waals surface area contributed by atoms with Crippen LogP contribution in [0.5, 0.6) is 11.5 Å². The Morgan fingerprint density at radius 1 is 1.22 bits per heavy atom. The lowest BCUT2D eigenvalue weighted by atomic mass is 10.1. The third-order valence-electron chi connectivity index (χ3n) is 3.59. The Kier molecular flexibility index (Phi) is 5.87. The molecule has 0 bridgehead atoms. The van der Waals surface area contributed by atoms with E-state index in [1.807, 2.05) is 19.1 Å². The van der Waals surface area contributed by atoms with Gasteiger partial charge in [0.1, 0.15) is 11.5 Å². The molecule has 120 valence electrons. The third-order valence-corrected chi connectivity index (χ3v) is 3.59. The molecular weight excluding hydrogens is 286 g/mol. The molecule has 23 heavy (non-hydrogen) atoms. The number of hydrogen-bond acceptors (Lipinski definition) is 3. The van der Waals surface area contributed by atoms with Crippen LogP contribution in [0.15, 0.2) is 61.3 Å². The van der Waals surface area contributed by atoms with Gasteiger partial charge in [-0.3, -0.25) is 0 Å². The van der Waals surface area contributed by atoms with Crippen LogP contribution in [0.25, 0.3) is 5.70 Å². The van der Waals surface area contributed by atoms with Gasteiger partial charge >= 0.3 is 0 Å². The van der Waals surface area contributed by atoms with Gasteiger partial charge in [0.05, 0.1) is 12.2 Å². The highest BCUT2D eigenvalue weighted by Gasteiger charge is 2.12. The van der Waals surface area contributed by atoms with Crippen molar-refractivity contribution in [1.82, 2.24) is 5.32 Å². The van der Waals surface area contributed by atoms with Crippen LogP contribution in [0, 0.1) is 6.92 Å². The predicted molar refractivity (Wildman–Crippen MR) is 95.5 cm³/mol. The number of phenols is 1. The van der Waals surface area contributed by atoms with E-state index in [4.69, 9.17) is 4.74 Å². The van der Waals surface area contributed by atoms with E-state index in [1.165, 1.54) is 11.1 Å². The molecule has 2 aromatic carbocycles. The summed E-state index contributed by atoms with van der Waals surface area (Å²) in [6.07, 6.45) is 4.27. The van der Waals surface area contributed by atoms with Crippen LogP contribution in [-0.2, 0) is 6.42 Å². The smallest absolute Gasteiger partial charge is 0.132 e. The average molecular weight is 309 g/mol. The van der Waals surface area contributed by atoms with Crippen LogP contribution in [0.1, 0.15) is 23.6 Å². The molecule has 2 aromatic rings. The van der Waals surface area contributed by atoms with Crippen molar-refractivity contribution >= 4 is 5.70 Å². The normalized spacial score (nSPS) is 11.1. The van der Waals surface area contributed by atoms with Gasteiger partial charge in [-0.2, -0.15) is 0 Å². The molecule has 0 radical (unpaired) electrons. The topological polar surface area (TPSA) is 41.5 Å². The molecule has 0 unspecified atom stereocenters. The van der Waals surface area contributed by atoms with Crippen molar-refractivity contribution in [3.8, 4) is 11.5 Å². The number of ether oxygens (including phenoxy) is 1. The van der Waals surface area contributed by atoms with Gasteiger partial charge in [0.15, 0.2) is 0 Å². The van der Waals surface area contributed by atoms with E-state index >= 15 is 0 Å². The fraction of sp³-hybridized carbons (Fsp3) is 0.200. The Labute approximate surface area is 137 Å². The lowest BCUT2D eigenvalue weighted by Crippen LogP contribution is -2.08. The number of aromatic hydroxyl groups is 1. The summed E-state index contributed by atoms with van der Waals surface area (Å²) in [6, 6.07) is 13.7. The van der Waals surface area contributed by atoms with Gasteiger partial charge in [0, 0.05) is 12.1 Å². The van der Waals surface area contributed by atoms with Crippen molar-refractivity contribution in [1.29, 1.82) is 0 Å². The van der Waals surface area contributed by atoms with E-state index in [2.05, 4.69) is 43.1 Å². The zero-order chi connectivity index (χ0) is 16.7. The van der Waals surface area contributed by atoms with E-state index in [9.17, 15) is 5.11 Å². The van der Waals surface area contributed by atoms with E-state index in [0.29, 0.717) is 17.9 Å². The lowest BCUT2D eigenvalue weighted by molar-refractivity contribution is 0.318. The lowest BCUT2D eigenvalue weighted by Gasteiger charge is -2.15. The maximum Gasteiger partial charge on any atom is 0.132 e. The first-order valence-corrected chi connectivity index (χ1v) is 7.70. The maximum absolute atomic E-state index is 10.2. The second-order valence-corrected chi connectivity index (χ2v) is 5.29. The minimum absolute atomic E-state index is 0.181. The second-order valence-electron chi connectivity index (χ2n) is 5.29. The van der Waals surface area contributed by atoms with Crippen molar-refractivity contribution in [2.24, 2.45) is 0 Å². The first kappa shape index (κ1) is 16.7. The highest BCUT2D eigenvalue weighted by molar-refractivity contribution is 5.74. The average Bonchev–Trinajstić information content (AvgIpc) is 2.55. The number of rotatable bonds is 7. The van der Waals surface area contributed by atoms with Crippen LogP contribution in [0.4, 0.5) is 0 Å². The minimum Gasteiger partial charge on any atom is -0.507 e. The highest BCUT2D eigenvalue weighted by Crippen LogP contribution is 2.33.